The van der Waals surface area contributed by atoms with Crippen LogP contribution in [0.2, 0.25) is 0 Å². The first kappa shape index (κ1) is 10.6. The van der Waals surface area contributed by atoms with Gasteiger partial charge in [-0.05, 0) is 0 Å². The van der Waals surface area contributed by atoms with Crippen LogP contribution in [-0.4, -0.2) is 42.2 Å². The van der Waals surface area contributed by atoms with Crippen molar-refractivity contribution in [3.8, 4) is 0 Å². The van der Waals surface area contributed by atoms with E-state index in [1.807, 2.05) is 0 Å². The van der Waals surface area contributed by atoms with Gasteiger partial charge in [0.05, 0.1) is 0 Å². The summed E-state index contributed by atoms with van der Waals surface area (Å²) in [6.07, 6.45) is 0. The molecule has 1 aliphatic heterocycles. The van der Waals surface area contributed by atoms with Gasteiger partial charge in [0, 0.05) is 0 Å². The molecule has 0 aromatic heterocycles. The van der Waals surface area contributed by atoms with Crippen LogP contribution in [-0.2, 0) is 0 Å². The summed E-state index contributed by atoms with van der Waals surface area (Å²) in [7, 11) is -7.67. The molecule has 0 aromatic rings. The molecular weight excluding hydrogens is 214 g/mol. The van der Waals surface area contributed by atoms with Gasteiger partial charge in [0.15, 0.2) is 0 Å². The van der Waals surface area contributed by atoms with Crippen molar-refractivity contribution >= 4 is 13.1 Å². The van der Waals surface area contributed by atoms with Crippen molar-refractivity contribution in [2.24, 2.45) is 0 Å². The number of halogens is 5. The molecule has 0 bridgehead atoms. The first-order chi connectivity index (χ1) is 5.41. The van der Waals surface area contributed by atoms with Gasteiger partial charge >= 0.3 is 70.7 Å². The van der Waals surface area contributed by atoms with Crippen LogP contribution in [0, 0.1) is 0 Å². The summed E-state index contributed by atoms with van der Waals surface area (Å²) in [5.41, 5.74) is -1.77. The van der Waals surface area contributed by atoms with Gasteiger partial charge in [0.1, 0.15) is 0 Å². The molecule has 0 atom stereocenters. The van der Waals surface area contributed by atoms with Gasteiger partial charge in [-0.1, -0.05) is 0 Å². The second kappa shape index (κ2) is 1.97. The predicted molar refractivity (Wildman–Crippen MR) is 41.1 cm³/mol. The second-order valence-corrected chi connectivity index (χ2v) is 5.73. The van der Waals surface area contributed by atoms with Crippen LogP contribution in [0.5, 0.6) is 0 Å². The number of hydrogen-bond acceptors (Lipinski definition) is 1. The van der Waals surface area contributed by atoms with E-state index in [4.69, 9.17) is 0 Å². The van der Waals surface area contributed by atoms with E-state index >= 15 is 0 Å². The van der Waals surface area contributed by atoms with Crippen LogP contribution in [0.4, 0.5) is 21.0 Å². The third-order valence-corrected chi connectivity index (χ3v) is 3.27. The Morgan fingerprint density at radius 3 is 1.85 bits per heavy atom. The molecule has 0 radical (unpaired) electrons. The van der Waals surface area contributed by atoms with Gasteiger partial charge in [-0.15, -0.1) is 0 Å². The van der Waals surface area contributed by atoms with Gasteiger partial charge in [0.2, 0.25) is 0 Å². The van der Waals surface area contributed by atoms with Crippen LogP contribution in [0.3, 0.4) is 0 Å². The Morgan fingerprint density at radius 2 is 1.69 bits per heavy atom. The molecule has 0 amide bonds. The zero-order valence-electron chi connectivity index (χ0n) is 7.15. The van der Waals surface area contributed by atoms with Crippen LogP contribution in [0.15, 0.2) is 0 Å². The molecule has 13 heavy (non-hydrogen) atoms. The number of likely N-dealkylation sites (N-methyl/N-ethyl adjacent to an activating group) is 2. The molecule has 0 unspecified atom stereocenters. The molecule has 0 N–H and O–H groups in total. The summed E-state index contributed by atoms with van der Waals surface area (Å²) in [6, 6.07) is 0. The fraction of sp³-hybridized carbons (Fsp3) is 0.800. The van der Waals surface area contributed by atoms with E-state index in [1.165, 1.54) is 0 Å². The van der Waals surface area contributed by atoms with Crippen LogP contribution in [0.25, 0.3) is 0 Å². The van der Waals surface area contributed by atoms with Crippen molar-refractivity contribution in [2.75, 3.05) is 27.2 Å². The number of rotatable bonds is 1. The topological polar surface area (TPSA) is 6.25 Å². The molecule has 0 aromatic carbocycles. The normalized spacial score (nSPS) is 24.7. The van der Waals surface area contributed by atoms with Crippen LogP contribution >= 0.6 is 7.50 Å². The Hall–Kier alpha value is -0.450. The summed E-state index contributed by atoms with van der Waals surface area (Å²) >= 11 is 0. The van der Waals surface area contributed by atoms with Crippen molar-refractivity contribution in [3.05, 3.63) is 0 Å². The number of nitrogens with zero attached hydrogens (tertiary/aromatic N) is 2. The van der Waals surface area contributed by atoms with Crippen LogP contribution in [0.1, 0.15) is 0 Å². The van der Waals surface area contributed by atoms with Crippen molar-refractivity contribution in [2.45, 2.75) is 0 Å². The Kier molecular flexibility index (Phi) is 1.61. The number of amidine groups is 1. The maximum atomic E-state index is 12.3. The Morgan fingerprint density at radius 1 is 1.23 bits per heavy atom. The van der Waals surface area contributed by atoms with E-state index < -0.39 is 13.1 Å². The van der Waals surface area contributed by atoms with Gasteiger partial charge in [-0.25, -0.2) is 0 Å². The maximum absolute atomic E-state index is 12.3. The van der Waals surface area contributed by atoms with E-state index in [2.05, 4.69) is 0 Å². The van der Waals surface area contributed by atoms with Crippen molar-refractivity contribution in [1.82, 2.24) is 4.90 Å². The van der Waals surface area contributed by atoms with Gasteiger partial charge in [-0.2, -0.15) is 0 Å². The molecule has 1 heterocycles. The van der Waals surface area contributed by atoms with Gasteiger partial charge in [0.25, 0.3) is 0 Å². The second-order valence-electron chi connectivity index (χ2n) is 3.20. The molecule has 80 valence electrons. The third kappa shape index (κ3) is 2.07. The first-order valence-electron chi connectivity index (χ1n) is 3.54. The fourth-order valence-electron chi connectivity index (χ4n) is 1.44. The number of hydrogen-bond donors (Lipinski definition) is 0. The minimum absolute atomic E-state index is 0.0257. The summed E-state index contributed by atoms with van der Waals surface area (Å²) in [5.74, 6) is 0. The Balaban J connectivity index is 3.32. The molecule has 0 aliphatic carbocycles. The molecule has 0 saturated heterocycles. The minimum atomic E-state index is -9.70. The molecule has 2 nitrogen and oxygen atoms in total. The molecule has 8 heteroatoms. The van der Waals surface area contributed by atoms with Crippen molar-refractivity contribution in [3.63, 3.8) is 0 Å². The predicted octanol–water partition coefficient (Wildman–Crippen LogP) is 2.44. The van der Waals surface area contributed by atoms with Crippen LogP contribution < -0.4 is 0 Å². The fourth-order valence-corrected chi connectivity index (χ4v) is 2.93. The summed E-state index contributed by atoms with van der Waals surface area (Å²) < 4.78 is 62.1. The zero-order chi connectivity index (χ0) is 10.6. The summed E-state index contributed by atoms with van der Waals surface area (Å²) in [5, 5.41) is 0. The van der Waals surface area contributed by atoms with E-state index in [9.17, 15) is 21.0 Å². The van der Waals surface area contributed by atoms with E-state index in [-0.39, 0.29) is 13.1 Å². The van der Waals surface area contributed by atoms with Crippen molar-refractivity contribution in [1.29, 1.82) is 0 Å². The SMILES string of the molecule is CN1CC[N+](C)=C1[P-](F)(F)(F)(F)F. The molecule has 0 saturated carbocycles. The van der Waals surface area contributed by atoms with Crippen molar-refractivity contribution < 1.29 is 25.6 Å². The molecular formula is C5H10F5N2P. The summed E-state index contributed by atoms with van der Waals surface area (Å²) in [6.45, 7) is -0.0514. The first-order valence-corrected chi connectivity index (χ1v) is 5.68. The Labute approximate surface area is 71.8 Å². The Bertz CT molecular complexity index is 277. The quantitative estimate of drug-likeness (QED) is 0.376. The van der Waals surface area contributed by atoms with E-state index in [0.29, 0.717) is 9.48 Å². The van der Waals surface area contributed by atoms with E-state index in [0.717, 1.165) is 14.1 Å². The molecule has 1 aliphatic rings. The molecule has 0 fully saturated rings. The summed E-state index contributed by atoms with van der Waals surface area (Å²) in [4.78, 5) is 0.551. The third-order valence-electron chi connectivity index (χ3n) is 1.83. The molecule has 0 spiro atoms. The van der Waals surface area contributed by atoms with E-state index in [1.54, 1.807) is 0 Å². The monoisotopic (exact) mass is 224 g/mol. The average Bonchev–Trinajstić information content (AvgIpc) is 2.04. The zero-order valence-corrected chi connectivity index (χ0v) is 8.04. The van der Waals surface area contributed by atoms with Gasteiger partial charge < -0.3 is 0 Å². The standard InChI is InChI=1S/C5H10F5N2P/c1-11-3-4-12(2)5(11)13(6,7,8,9)10/h3-4H2,1-2H3. The average molecular weight is 224 g/mol. The molecule has 1 rings (SSSR count). The van der Waals surface area contributed by atoms with Gasteiger partial charge in [-0.3, -0.25) is 0 Å².